The van der Waals surface area contributed by atoms with Crippen molar-refractivity contribution in [3.63, 3.8) is 0 Å². The van der Waals surface area contributed by atoms with Crippen molar-refractivity contribution in [2.45, 2.75) is 17.9 Å². The monoisotopic (exact) mass is 295 g/mol. The van der Waals surface area contributed by atoms with Gasteiger partial charge in [-0.15, -0.1) is 5.10 Å². The van der Waals surface area contributed by atoms with Gasteiger partial charge in [-0.25, -0.2) is 13.1 Å². The summed E-state index contributed by atoms with van der Waals surface area (Å²) in [5.74, 6) is 0. The van der Waals surface area contributed by atoms with Crippen LogP contribution in [0.25, 0.3) is 0 Å². The molecule has 2 N–H and O–H groups in total. The fourth-order valence-electron chi connectivity index (χ4n) is 1.70. The fraction of sp³-hybridized carbons (Fsp3) is 0.333. The number of hydrogen-bond acceptors (Lipinski definition) is 5. The molecule has 0 radical (unpaired) electrons. The van der Waals surface area contributed by atoms with Crippen LogP contribution in [0.15, 0.2) is 41.6 Å². The van der Waals surface area contributed by atoms with Gasteiger partial charge < -0.3 is 5.32 Å². The van der Waals surface area contributed by atoms with E-state index in [1.165, 1.54) is 7.05 Å². The van der Waals surface area contributed by atoms with E-state index in [-0.39, 0.29) is 4.90 Å². The Morgan fingerprint density at radius 2 is 2.00 bits per heavy atom. The average Bonchev–Trinajstić information content (AvgIpc) is 2.97. The number of benzene rings is 1. The van der Waals surface area contributed by atoms with Crippen LogP contribution in [0, 0.1) is 0 Å². The molecule has 0 saturated heterocycles. The first-order valence-electron chi connectivity index (χ1n) is 6.23. The zero-order chi connectivity index (χ0) is 14.4. The summed E-state index contributed by atoms with van der Waals surface area (Å²) in [6.45, 7) is 1.57. The van der Waals surface area contributed by atoms with Gasteiger partial charge in [0, 0.05) is 25.0 Å². The quantitative estimate of drug-likeness (QED) is 0.734. The Kier molecular flexibility index (Phi) is 4.70. The number of aryl methyl sites for hydroxylation is 1. The van der Waals surface area contributed by atoms with E-state index in [9.17, 15) is 8.42 Å². The van der Waals surface area contributed by atoms with Crippen LogP contribution in [0.4, 0.5) is 5.69 Å². The van der Waals surface area contributed by atoms with Crippen molar-refractivity contribution in [2.75, 3.05) is 18.9 Å². The van der Waals surface area contributed by atoms with Crippen LogP contribution >= 0.6 is 0 Å². The smallest absolute Gasteiger partial charge is 0.240 e. The van der Waals surface area contributed by atoms with E-state index in [1.54, 1.807) is 35.1 Å². The van der Waals surface area contributed by atoms with Crippen LogP contribution in [-0.2, 0) is 16.6 Å². The zero-order valence-electron chi connectivity index (χ0n) is 11.2. The van der Waals surface area contributed by atoms with Crippen molar-refractivity contribution >= 4 is 15.7 Å². The van der Waals surface area contributed by atoms with E-state index in [4.69, 9.17) is 0 Å². The predicted octanol–water partition coefficient (Wildman–Crippen LogP) is 0.688. The highest BCUT2D eigenvalue weighted by atomic mass is 32.2. The topological polar surface area (TPSA) is 88.9 Å². The lowest BCUT2D eigenvalue weighted by molar-refractivity contribution is 0.570. The SMILES string of the molecule is CNS(=O)(=O)c1ccc(NCCCn2ccnn2)cc1. The Labute approximate surface area is 118 Å². The second-order valence-corrected chi connectivity index (χ2v) is 6.06. The van der Waals surface area contributed by atoms with Crippen LogP contribution < -0.4 is 10.0 Å². The van der Waals surface area contributed by atoms with Gasteiger partial charge in [-0.3, -0.25) is 4.68 Å². The molecule has 0 aliphatic heterocycles. The minimum absolute atomic E-state index is 0.258. The molecule has 8 heteroatoms. The third kappa shape index (κ3) is 3.78. The predicted molar refractivity (Wildman–Crippen MR) is 75.8 cm³/mol. The Balaban J connectivity index is 1.82. The first kappa shape index (κ1) is 14.5. The molecule has 108 valence electrons. The molecule has 0 aliphatic carbocycles. The molecule has 0 spiro atoms. The molecule has 2 rings (SSSR count). The second kappa shape index (κ2) is 6.49. The molecule has 0 aliphatic rings. The Hall–Kier alpha value is -1.93. The molecule has 1 aromatic carbocycles. The molecule has 20 heavy (non-hydrogen) atoms. The lowest BCUT2D eigenvalue weighted by Gasteiger charge is -2.07. The van der Waals surface area contributed by atoms with E-state index < -0.39 is 10.0 Å². The molecule has 1 aromatic heterocycles. The second-order valence-electron chi connectivity index (χ2n) is 4.18. The van der Waals surface area contributed by atoms with Crippen molar-refractivity contribution in [3.05, 3.63) is 36.7 Å². The van der Waals surface area contributed by atoms with Crippen molar-refractivity contribution in [2.24, 2.45) is 0 Å². The molecular formula is C12H17N5O2S. The third-order valence-electron chi connectivity index (χ3n) is 2.80. The van der Waals surface area contributed by atoms with Crippen LogP contribution in [0.3, 0.4) is 0 Å². The standard InChI is InChI=1S/C12H17N5O2S/c1-13-20(18,19)12-5-3-11(4-6-12)14-7-2-9-17-10-8-15-16-17/h3-6,8,10,13-14H,2,7,9H2,1H3. The van der Waals surface area contributed by atoms with Crippen LogP contribution in [0.1, 0.15) is 6.42 Å². The minimum atomic E-state index is -3.37. The van der Waals surface area contributed by atoms with Gasteiger partial charge in [0.2, 0.25) is 10.0 Å². The van der Waals surface area contributed by atoms with Gasteiger partial charge >= 0.3 is 0 Å². The molecule has 0 unspecified atom stereocenters. The summed E-state index contributed by atoms with van der Waals surface area (Å²) in [6.07, 6.45) is 4.37. The number of rotatable bonds is 7. The maximum Gasteiger partial charge on any atom is 0.240 e. The normalized spacial score (nSPS) is 11.4. The van der Waals surface area contributed by atoms with E-state index in [0.717, 1.165) is 25.2 Å². The number of nitrogens with one attached hydrogen (secondary N) is 2. The minimum Gasteiger partial charge on any atom is -0.385 e. The molecule has 0 amide bonds. The number of aromatic nitrogens is 3. The van der Waals surface area contributed by atoms with E-state index >= 15 is 0 Å². The largest absolute Gasteiger partial charge is 0.385 e. The van der Waals surface area contributed by atoms with Gasteiger partial charge in [0.05, 0.1) is 11.1 Å². The number of anilines is 1. The van der Waals surface area contributed by atoms with Gasteiger partial charge in [-0.1, -0.05) is 5.21 Å². The highest BCUT2D eigenvalue weighted by Crippen LogP contribution is 2.13. The number of sulfonamides is 1. The third-order valence-corrected chi connectivity index (χ3v) is 4.23. The highest BCUT2D eigenvalue weighted by Gasteiger charge is 2.09. The Bertz CT molecular complexity index is 622. The highest BCUT2D eigenvalue weighted by molar-refractivity contribution is 7.89. The first-order valence-corrected chi connectivity index (χ1v) is 7.72. The van der Waals surface area contributed by atoms with Gasteiger partial charge in [0.25, 0.3) is 0 Å². The average molecular weight is 295 g/mol. The summed E-state index contributed by atoms with van der Waals surface area (Å²) in [6, 6.07) is 6.65. The Morgan fingerprint density at radius 1 is 1.25 bits per heavy atom. The van der Waals surface area contributed by atoms with Crippen LogP contribution in [0.5, 0.6) is 0 Å². The van der Waals surface area contributed by atoms with Gasteiger partial charge in [-0.05, 0) is 37.7 Å². The lowest BCUT2D eigenvalue weighted by Crippen LogP contribution is -2.18. The first-order chi connectivity index (χ1) is 9.62. The maximum atomic E-state index is 11.6. The summed E-state index contributed by atoms with van der Waals surface area (Å²) in [5, 5.41) is 10.8. The summed E-state index contributed by atoms with van der Waals surface area (Å²) >= 11 is 0. The van der Waals surface area contributed by atoms with Crippen LogP contribution in [0.2, 0.25) is 0 Å². The summed E-state index contributed by atoms with van der Waals surface area (Å²) in [7, 11) is -1.97. The summed E-state index contributed by atoms with van der Waals surface area (Å²) < 4.78 is 27.2. The van der Waals surface area contributed by atoms with Gasteiger partial charge in [0.1, 0.15) is 0 Å². The molecule has 0 atom stereocenters. The molecule has 2 aromatic rings. The molecule has 0 bridgehead atoms. The fourth-order valence-corrected chi connectivity index (χ4v) is 2.43. The van der Waals surface area contributed by atoms with Crippen molar-refractivity contribution in [3.8, 4) is 0 Å². The molecule has 7 nitrogen and oxygen atoms in total. The van der Waals surface area contributed by atoms with Crippen LogP contribution in [-0.4, -0.2) is 37.0 Å². The van der Waals surface area contributed by atoms with Crippen molar-refractivity contribution < 1.29 is 8.42 Å². The maximum absolute atomic E-state index is 11.6. The van der Waals surface area contributed by atoms with E-state index in [2.05, 4.69) is 20.4 Å². The van der Waals surface area contributed by atoms with Gasteiger partial charge in [-0.2, -0.15) is 0 Å². The van der Waals surface area contributed by atoms with E-state index in [0.29, 0.717) is 0 Å². The lowest BCUT2D eigenvalue weighted by atomic mass is 10.3. The molecule has 1 heterocycles. The molecular weight excluding hydrogens is 278 g/mol. The zero-order valence-corrected chi connectivity index (χ0v) is 12.0. The summed E-state index contributed by atoms with van der Waals surface area (Å²) in [4.78, 5) is 0.258. The number of hydrogen-bond donors (Lipinski definition) is 2. The number of nitrogens with zero attached hydrogens (tertiary/aromatic N) is 3. The van der Waals surface area contributed by atoms with Gasteiger partial charge in [0.15, 0.2) is 0 Å². The molecule has 0 fully saturated rings. The van der Waals surface area contributed by atoms with Crippen molar-refractivity contribution in [1.82, 2.24) is 19.7 Å². The Morgan fingerprint density at radius 3 is 2.60 bits per heavy atom. The van der Waals surface area contributed by atoms with Crippen molar-refractivity contribution in [1.29, 1.82) is 0 Å². The summed E-state index contributed by atoms with van der Waals surface area (Å²) in [5.41, 5.74) is 0.888. The van der Waals surface area contributed by atoms with E-state index in [1.807, 2.05) is 6.20 Å². The molecule has 0 saturated carbocycles.